The molecular weight excluding hydrogens is 353 g/mol. The Morgan fingerprint density at radius 3 is 1.90 bits per heavy atom. The molecule has 20 heavy (non-hydrogen) atoms. The fraction of sp³-hybridized carbons (Fsp3) is 0.455. The van der Waals surface area contributed by atoms with Gasteiger partial charge in [0.2, 0.25) is 0 Å². The summed E-state index contributed by atoms with van der Waals surface area (Å²) in [6.45, 7) is 0. The second-order valence-electron chi connectivity index (χ2n) is 3.83. The smallest absolute Gasteiger partial charge is 0.455 e. The molecule has 1 aromatic rings. The average Bonchev–Trinajstić information content (AvgIpc) is 2.36. The SMILES string of the molecule is COc1cc(Br)c([C@@H](N)C(F)(F)C(F)(F)F)cc1OC. The zero-order valence-corrected chi connectivity index (χ0v) is 12.0. The molecule has 1 rings (SSSR count). The van der Waals surface area contributed by atoms with Crippen molar-refractivity contribution in [2.75, 3.05) is 14.2 Å². The molecule has 0 aromatic heterocycles. The van der Waals surface area contributed by atoms with Crippen LogP contribution in [-0.4, -0.2) is 26.3 Å². The van der Waals surface area contributed by atoms with Crippen molar-refractivity contribution >= 4 is 15.9 Å². The van der Waals surface area contributed by atoms with Gasteiger partial charge in [-0.25, -0.2) is 0 Å². The molecule has 0 unspecified atom stereocenters. The first-order valence-electron chi connectivity index (χ1n) is 5.17. The summed E-state index contributed by atoms with van der Waals surface area (Å²) in [4.78, 5) is 0. The van der Waals surface area contributed by atoms with Gasteiger partial charge in [0.05, 0.1) is 14.2 Å². The van der Waals surface area contributed by atoms with Crippen LogP contribution in [0.2, 0.25) is 0 Å². The van der Waals surface area contributed by atoms with Crippen LogP contribution in [0.1, 0.15) is 11.6 Å². The zero-order chi connectivity index (χ0) is 15.7. The number of hydrogen-bond donors (Lipinski definition) is 1. The Hall–Kier alpha value is -1.09. The van der Waals surface area contributed by atoms with Gasteiger partial charge in [0.25, 0.3) is 0 Å². The number of halogens is 6. The van der Waals surface area contributed by atoms with E-state index in [2.05, 4.69) is 15.9 Å². The molecule has 0 saturated heterocycles. The van der Waals surface area contributed by atoms with E-state index < -0.39 is 23.7 Å². The summed E-state index contributed by atoms with van der Waals surface area (Å²) in [7, 11) is 2.52. The number of alkyl halides is 5. The molecule has 0 spiro atoms. The summed E-state index contributed by atoms with van der Waals surface area (Å²) >= 11 is 2.89. The minimum absolute atomic E-state index is 0.000811. The summed E-state index contributed by atoms with van der Waals surface area (Å²) in [6, 6.07) is -0.384. The number of benzene rings is 1. The molecule has 0 fully saturated rings. The predicted octanol–water partition coefficient (Wildman–Crippen LogP) is 3.66. The third kappa shape index (κ3) is 2.98. The lowest BCUT2D eigenvalue weighted by Gasteiger charge is -2.27. The minimum Gasteiger partial charge on any atom is -0.493 e. The van der Waals surface area contributed by atoms with E-state index in [1.807, 2.05) is 0 Å². The van der Waals surface area contributed by atoms with Crippen molar-refractivity contribution in [3.63, 3.8) is 0 Å². The molecule has 114 valence electrons. The Balaban J connectivity index is 3.33. The molecule has 0 heterocycles. The van der Waals surface area contributed by atoms with Crippen LogP contribution < -0.4 is 15.2 Å². The Bertz CT molecular complexity index is 492. The lowest BCUT2D eigenvalue weighted by Crippen LogP contribution is -2.46. The molecule has 0 aliphatic rings. The molecule has 1 atom stereocenters. The Kier molecular flexibility index (Phi) is 4.86. The van der Waals surface area contributed by atoms with E-state index in [1.54, 1.807) is 0 Å². The summed E-state index contributed by atoms with van der Waals surface area (Å²) in [5, 5.41) is 0. The van der Waals surface area contributed by atoms with Crippen molar-refractivity contribution in [3.05, 3.63) is 22.2 Å². The van der Waals surface area contributed by atoms with Gasteiger partial charge >= 0.3 is 12.1 Å². The van der Waals surface area contributed by atoms with Crippen molar-refractivity contribution in [2.24, 2.45) is 5.73 Å². The quantitative estimate of drug-likeness (QED) is 0.830. The van der Waals surface area contributed by atoms with Gasteiger partial charge in [-0.3, -0.25) is 0 Å². The molecule has 0 bridgehead atoms. The highest BCUT2D eigenvalue weighted by molar-refractivity contribution is 9.10. The van der Waals surface area contributed by atoms with Crippen LogP contribution in [0.15, 0.2) is 16.6 Å². The predicted molar refractivity (Wildman–Crippen MR) is 65.2 cm³/mol. The monoisotopic (exact) mass is 363 g/mol. The van der Waals surface area contributed by atoms with E-state index in [0.29, 0.717) is 0 Å². The van der Waals surface area contributed by atoms with Crippen LogP contribution in [0.25, 0.3) is 0 Å². The lowest BCUT2D eigenvalue weighted by atomic mass is 10.0. The number of hydrogen-bond acceptors (Lipinski definition) is 3. The number of nitrogens with two attached hydrogens (primary N) is 1. The molecular formula is C11H11BrF5NO2. The topological polar surface area (TPSA) is 44.5 Å². The highest BCUT2D eigenvalue weighted by Gasteiger charge is 2.62. The van der Waals surface area contributed by atoms with E-state index in [9.17, 15) is 22.0 Å². The van der Waals surface area contributed by atoms with Crippen LogP contribution in [0.5, 0.6) is 11.5 Å². The van der Waals surface area contributed by atoms with Crippen LogP contribution >= 0.6 is 15.9 Å². The fourth-order valence-electron chi connectivity index (χ4n) is 1.48. The maximum Gasteiger partial charge on any atom is 0.455 e. The normalized spacial score (nSPS) is 14.1. The largest absolute Gasteiger partial charge is 0.493 e. The van der Waals surface area contributed by atoms with Crippen LogP contribution in [0.3, 0.4) is 0 Å². The zero-order valence-electron chi connectivity index (χ0n) is 10.4. The first-order valence-corrected chi connectivity index (χ1v) is 5.97. The lowest BCUT2D eigenvalue weighted by molar-refractivity contribution is -0.291. The van der Waals surface area contributed by atoms with Crippen LogP contribution in [0.4, 0.5) is 22.0 Å². The van der Waals surface area contributed by atoms with Crippen molar-refractivity contribution in [1.29, 1.82) is 0 Å². The van der Waals surface area contributed by atoms with Gasteiger partial charge in [0.1, 0.15) is 6.04 Å². The van der Waals surface area contributed by atoms with Crippen LogP contribution in [0, 0.1) is 0 Å². The Morgan fingerprint density at radius 1 is 1.05 bits per heavy atom. The number of methoxy groups -OCH3 is 2. The summed E-state index contributed by atoms with van der Waals surface area (Å²) in [6.07, 6.45) is -5.75. The minimum atomic E-state index is -5.75. The second-order valence-corrected chi connectivity index (χ2v) is 4.68. The van der Waals surface area contributed by atoms with Gasteiger partial charge < -0.3 is 15.2 Å². The molecule has 1 aromatic carbocycles. The third-order valence-corrected chi connectivity index (χ3v) is 3.29. The van der Waals surface area contributed by atoms with E-state index in [4.69, 9.17) is 15.2 Å². The summed E-state index contributed by atoms with van der Waals surface area (Å²) < 4.78 is 73.2. The standard InChI is InChI=1S/C11H11BrF5NO2/c1-19-7-3-5(6(12)4-8(7)20-2)9(18)10(13,14)11(15,16)17/h3-4,9H,18H2,1-2H3/t9-/m1/s1. The van der Waals surface area contributed by atoms with E-state index >= 15 is 0 Å². The summed E-state index contributed by atoms with van der Waals surface area (Å²) in [5.74, 6) is -4.90. The van der Waals surface area contributed by atoms with Gasteiger partial charge in [-0.1, -0.05) is 15.9 Å². The van der Waals surface area contributed by atoms with Crippen molar-refractivity contribution < 1.29 is 31.4 Å². The molecule has 3 nitrogen and oxygen atoms in total. The highest BCUT2D eigenvalue weighted by Crippen LogP contribution is 2.46. The van der Waals surface area contributed by atoms with Gasteiger partial charge in [0, 0.05) is 4.47 Å². The van der Waals surface area contributed by atoms with Gasteiger partial charge in [0.15, 0.2) is 11.5 Å². The molecule has 2 N–H and O–H groups in total. The Labute approximate surface area is 120 Å². The summed E-state index contributed by atoms with van der Waals surface area (Å²) in [5.41, 5.74) is 4.64. The number of rotatable bonds is 4. The fourth-order valence-corrected chi connectivity index (χ4v) is 2.05. The Morgan fingerprint density at radius 2 is 1.50 bits per heavy atom. The highest BCUT2D eigenvalue weighted by atomic mass is 79.9. The molecule has 0 aliphatic heterocycles. The molecule has 0 amide bonds. The average molecular weight is 364 g/mol. The van der Waals surface area contributed by atoms with Gasteiger partial charge in [-0.05, 0) is 17.7 Å². The first kappa shape index (κ1) is 17.0. The number of ether oxygens (including phenoxy) is 2. The van der Waals surface area contributed by atoms with Crippen molar-refractivity contribution in [2.45, 2.75) is 18.1 Å². The van der Waals surface area contributed by atoms with Gasteiger partial charge in [-0.2, -0.15) is 22.0 Å². The molecule has 0 saturated carbocycles. The van der Waals surface area contributed by atoms with E-state index in [-0.39, 0.29) is 16.0 Å². The maximum atomic E-state index is 13.3. The molecule has 9 heteroatoms. The molecule has 0 radical (unpaired) electrons. The van der Waals surface area contributed by atoms with Gasteiger partial charge in [-0.15, -0.1) is 0 Å². The second kappa shape index (κ2) is 5.72. The van der Waals surface area contributed by atoms with Crippen molar-refractivity contribution in [3.8, 4) is 11.5 Å². The van der Waals surface area contributed by atoms with Crippen LogP contribution in [-0.2, 0) is 0 Å². The van der Waals surface area contributed by atoms with Crippen molar-refractivity contribution in [1.82, 2.24) is 0 Å². The van der Waals surface area contributed by atoms with E-state index in [1.165, 1.54) is 20.3 Å². The maximum absolute atomic E-state index is 13.3. The van der Waals surface area contributed by atoms with E-state index in [0.717, 1.165) is 6.07 Å². The first-order chi connectivity index (χ1) is 9.06. The molecule has 0 aliphatic carbocycles. The third-order valence-electron chi connectivity index (χ3n) is 2.61.